The van der Waals surface area contributed by atoms with E-state index in [2.05, 4.69) is 16.0 Å². The Morgan fingerprint density at radius 1 is 0.878 bits per heavy atom. The third-order valence-electron chi connectivity index (χ3n) is 8.64. The van der Waals surface area contributed by atoms with E-state index in [9.17, 15) is 24.3 Å². The molecule has 8 heteroatoms. The van der Waals surface area contributed by atoms with E-state index in [1.807, 2.05) is 58.0 Å². The highest BCUT2D eigenvalue weighted by Crippen LogP contribution is 2.36. The quantitative estimate of drug-likeness (QED) is 0.235. The van der Waals surface area contributed by atoms with E-state index in [4.69, 9.17) is 0 Å². The molecule has 0 saturated heterocycles. The van der Waals surface area contributed by atoms with Crippen LogP contribution in [0, 0.1) is 23.7 Å². The second kappa shape index (κ2) is 17.3. The van der Waals surface area contributed by atoms with Gasteiger partial charge in [0.1, 0.15) is 6.04 Å². The van der Waals surface area contributed by atoms with Crippen molar-refractivity contribution in [1.82, 2.24) is 16.0 Å². The van der Waals surface area contributed by atoms with Gasteiger partial charge in [-0.3, -0.25) is 19.2 Å². The number of aliphatic hydroxyl groups excluding tert-OH is 1. The van der Waals surface area contributed by atoms with Crippen molar-refractivity contribution >= 4 is 23.5 Å². The van der Waals surface area contributed by atoms with Gasteiger partial charge >= 0.3 is 0 Å². The first-order valence-electron chi connectivity index (χ1n) is 15.5. The third kappa shape index (κ3) is 11.6. The maximum absolute atomic E-state index is 13.6. The number of rotatable bonds is 16. The van der Waals surface area contributed by atoms with Gasteiger partial charge in [-0.1, -0.05) is 96.6 Å². The first kappa shape index (κ1) is 34.5. The smallest absolute Gasteiger partial charge is 0.243 e. The van der Waals surface area contributed by atoms with Crippen LogP contribution in [0.5, 0.6) is 0 Å². The van der Waals surface area contributed by atoms with Crippen LogP contribution in [0.4, 0.5) is 0 Å². The first-order valence-corrected chi connectivity index (χ1v) is 15.5. The maximum Gasteiger partial charge on any atom is 0.243 e. The zero-order chi connectivity index (χ0) is 30.5. The summed E-state index contributed by atoms with van der Waals surface area (Å²) in [5, 5.41) is 20.3. The maximum atomic E-state index is 13.6. The summed E-state index contributed by atoms with van der Waals surface area (Å²) < 4.78 is 0. The molecule has 1 aliphatic rings. The zero-order valence-electron chi connectivity index (χ0n) is 25.9. The minimum absolute atomic E-state index is 0.00602. The van der Waals surface area contributed by atoms with E-state index in [1.54, 1.807) is 0 Å². The second-order valence-corrected chi connectivity index (χ2v) is 12.4. The predicted octanol–water partition coefficient (Wildman–Crippen LogP) is 4.33. The third-order valence-corrected chi connectivity index (χ3v) is 8.64. The van der Waals surface area contributed by atoms with E-state index in [1.165, 1.54) is 20.3 Å². The van der Waals surface area contributed by atoms with Crippen molar-refractivity contribution in [2.24, 2.45) is 23.7 Å². The fraction of sp³-hybridized carbons (Fsp3) is 0.697. The predicted molar refractivity (Wildman–Crippen MR) is 162 cm³/mol. The van der Waals surface area contributed by atoms with Gasteiger partial charge in [-0.2, -0.15) is 0 Å². The number of Topliss-reactive ketones (excluding diaryl/α,β-unsaturated/α-hetero) is 1. The Balaban J connectivity index is 2.32. The molecule has 6 atom stereocenters. The summed E-state index contributed by atoms with van der Waals surface area (Å²) in [6.45, 7) is 10.6. The molecule has 2 rings (SSSR count). The van der Waals surface area contributed by atoms with Gasteiger partial charge < -0.3 is 21.1 Å². The second-order valence-electron chi connectivity index (χ2n) is 12.4. The van der Waals surface area contributed by atoms with Crippen molar-refractivity contribution in [3.05, 3.63) is 35.9 Å². The summed E-state index contributed by atoms with van der Waals surface area (Å²) in [5.41, 5.74) is 0.977. The highest BCUT2D eigenvalue weighted by atomic mass is 16.3. The normalized spacial score (nSPS) is 18.4. The van der Waals surface area contributed by atoms with Crippen LogP contribution in [0.15, 0.2) is 30.3 Å². The monoisotopic (exact) mass is 571 g/mol. The molecular formula is C33H53N3O5. The van der Waals surface area contributed by atoms with Crippen LogP contribution < -0.4 is 16.0 Å². The number of hydrogen-bond acceptors (Lipinski definition) is 5. The van der Waals surface area contributed by atoms with Crippen molar-refractivity contribution in [3.63, 3.8) is 0 Å². The molecule has 3 amide bonds. The molecular weight excluding hydrogens is 518 g/mol. The van der Waals surface area contributed by atoms with Crippen molar-refractivity contribution in [1.29, 1.82) is 0 Å². The number of ketones is 1. The Kier molecular flexibility index (Phi) is 14.5. The summed E-state index contributed by atoms with van der Waals surface area (Å²) >= 11 is 0. The minimum atomic E-state index is -0.896. The number of hydrogen-bond donors (Lipinski definition) is 4. The van der Waals surface area contributed by atoms with E-state index in [0.29, 0.717) is 18.8 Å². The SMILES string of the molecule is CCC(C)[C@H](NC(C)=O)C(=O)C[C@H](C[C@H](O)[C@H](Cc1ccccc1)NC(=O)[C@@H](NC(C)=O)C(C)C)C1CCCCC1. The lowest BCUT2D eigenvalue weighted by molar-refractivity contribution is -0.130. The Bertz CT molecular complexity index is 976. The van der Waals surface area contributed by atoms with Crippen LogP contribution in [0.2, 0.25) is 0 Å². The molecule has 0 radical (unpaired) electrons. The van der Waals surface area contributed by atoms with Crippen molar-refractivity contribution < 1.29 is 24.3 Å². The van der Waals surface area contributed by atoms with Crippen LogP contribution in [-0.2, 0) is 25.6 Å². The van der Waals surface area contributed by atoms with Crippen LogP contribution in [0.3, 0.4) is 0 Å². The highest BCUT2D eigenvalue weighted by Gasteiger charge is 2.35. The van der Waals surface area contributed by atoms with E-state index in [-0.39, 0.29) is 47.7 Å². The molecule has 1 aromatic rings. The van der Waals surface area contributed by atoms with Gasteiger partial charge in [0, 0.05) is 20.3 Å². The van der Waals surface area contributed by atoms with Gasteiger partial charge in [-0.15, -0.1) is 0 Å². The lowest BCUT2D eigenvalue weighted by Crippen LogP contribution is -2.55. The molecule has 41 heavy (non-hydrogen) atoms. The van der Waals surface area contributed by atoms with Gasteiger partial charge in [0.05, 0.1) is 18.2 Å². The summed E-state index contributed by atoms with van der Waals surface area (Å²) in [7, 11) is 0. The lowest BCUT2D eigenvalue weighted by atomic mass is 9.73. The molecule has 1 aliphatic carbocycles. The molecule has 0 aliphatic heterocycles. The Hall–Kier alpha value is -2.74. The minimum Gasteiger partial charge on any atom is -0.391 e. The highest BCUT2D eigenvalue weighted by molar-refractivity contribution is 5.89. The van der Waals surface area contributed by atoms with Gasteiger partial charge in [0.15, 0.2) is 5.78 Å². The molecule has 0 spiro atoms. The molecule has 0 bridgehead atoms. The average Bonchev–Trinajstić information content (AvgIpc) is 2.94. The fourth-order valence-corrected chi connectivity index (χ4v) is 6.08. The number of nitrogens with one attached hydrogen (secondary N) is 3. The summed E-state index contributed by atoms with van der Waals surface area (Å²) in [6.07, 6.45) is 6.33. The largest absolute Gasteiger partial charge is 0.391 e. The average molecular weight is 572 g/mol. The van der Waals surface area contributed by atoms with Gasteiger partial charge in [-0.25, -0.2) is 0 Å². The first-order chi connectivity index (χ1) is 19.4. The van der Waals surface area contributed by atoms with Gasteiger partial charge in [0.2, 0.25) is 17.7 Å². The Morgan fingerprint density at radius 3 is 2.00 bits per heavy atom. The molecule has 8 nitrogen and oxygen atoms in total. The van der Waals surface area contributed by atoms with Gasteiger partial charge in [0.25, 0.3) is 0 Å². The standard InChI is InChI=1S/C33H53N3O5/c1-7-22(4)32(35-24(6)38)30(40)20-27(26-16-12-9-13-17-26)19-29(39)28(18-25-14-10-8-11-15-25)36-33(41)31(21(2)3)34-23(5)37/h8,10-11,14-15,21-22,26-29,31-32,39H,7,9,12-13,16-20H2,1-6H3,(H,34,37)(H,35,38)(H,36,41)/t22?,27-,28-,29-,31-,32-/m0/s1. The van der Waals surface area contributed by atoms with Gasteiger partial charge in [-0.05, 0) is 42.1 Å². The molecule has 1 unspecified atom stereocenters. The molecule has 0 aromatic heterocycles. The molecule has 0 heterocycles. The molecule has 1 saturated carbocycles. The number of carbonyl (C=O) groups excluding carboxylic acids is 4. The Morgan fingerprint density at radius 2 is 1.46 bits per heavy atom. The fourth-order valence-electron chi connectivity index (χ4n) is 6.08. The van der Waals surface area contributed by atoms with Crippen LogP contribution >= 0.6 is 0 Å². The molecule has 1 aromatic carbocycles. The van der Waals surface area contributed by atoms with Crippen molar-refractivity contribution in [2.45, 2.75) is 124 Å². The number of aliphatic hydroxyl groups is 1. The number of carbonyl (C=O) groups is 4. The van der Waals surface area contributed by atoms with Crippen LogP contribution in [0.25, 0.3) is 0 Å². The van der Waals surface area contributed by atoms with Crippen molar-refractivity contribution in [3.8, 4) is 0 Å². The summed E-state index contributed by atoms with van der Waals surface area (Å²) in [5.74, 6) is -0.720. The number of amides is 3. The lowest BCUT2D eigenvalue weighted by Gasteiger charge is -2.35. The summed E-state index contributed by atoms with van der Waals surface area (Å²) in [6, 6.07) is 7.84. The molecule has 230 valence electrons. The van der Waals surface area contributed by atoms with E-state index >= 15 is 0 Å². The van der Waals surface area contributed by atoms with Crippen LogP contribution in [-0.4, -0.2) is 52.8 Å². The Labute approximate surface area is 246 Å². The van der Waals surface area contributed by atoms with E-state index in [0.717, 1.165) is 37.7 Å². The molecule has 4 N–H and O–H groups in total. The zero-order valence-corrected chi connectivity index (χ0v) is 25.9. The topological polar surface area (TPSA) is 125 Å². The van der Waals surface area contributed by atoms with Crippen LogP contribution in [0.1, 0.15) is 98.5 Å². The number of benzene rings is 1. The molecule has 1 fully saturated rings. The van der Waals surface area contributed by atoms with Crippen molar-refractivity contribution in [2.75, 3.05) is 0 Å². The summed E-state index contributed by atoms with van der Waals surface area (Å²) in [4.78, 5) is 50.7. The van der Waals surface area contributed by atoms with E-state index < -0.39 is 24.2 Å².